The van der Waals surface area contributed by atoms with E-state index in [4.69, 9.17) is 4.42 Å². The molecule has 128 valence electrons. The Morgan fingerprint density at radius 3 is 2.56 bits per heavy atom. The van der Waals surface area contributed by atoms with Crippen LogP contribution in [0.5, 0.6) is 0 Å². The first kappa shape index (κ1) is 17.2. The highest BCUT2D eigenvalue weighted by molar-refractivity contribution is 7.98. The Labute approximate surface area is 150 Å². The van der Waals surface area contributed by atoms with Crippen LogP contribution >= 0.6 is 11.8 Å². The molecule has 1 aromatic carbocycles. The van der Waals surface area contributed by atoms with Gasteiger partial charge in [0.15, 0.2) is 0 Å². The van der Waals surface area contributed by atoms with Gasteiger partial charge in [-0.25, -0.2) is 9.97 Å². The number of oxazole rings is 1. The van der Waals surface area contributed by atoms with Crippen molar-refractivity contribution in [2.24, 2.45) is 0 Å². The number of pyridine rings is 1. The minimum absolute atomic E-state index is 0.163. The Morgan fingerprint density at radius 1 is 1.16 bits per heavy atom. The van der Waals surface area contributed by atoms with E-state index in [9.17, 15) is 4.79 Å². The quantitative estimate of drug-likeness (QED) is 0.665. The topological polar surface area (TPSA) is 68.0 Å². The van der Waals surface area contributed by atoms with Crippen molar-refractivity contribution in [2.45, 2.75) is 24.8 Å². The fourth-order valence-corrected chi connectivity index (χ4v) is 2.66. The number of hydrogen-bond donors (Lipinski definition) is 1. The van der Waals surface area contributed by atoms with Crippen LogP contribution in [0.15, 0.2) is 58.2 Å². The van der Waals surface area contributed by atoms with Gasteiger partial charge in [-0.3, -0.25) is 4.79 Å². The maximum Gasteiger partial charge on any atom is 0.255 e. The van der Waals surface area contributed by atoms with Gasteiger partial charge in [0, 0.05) is 28.9 Å². The molecule has 3 rings (SSSR count). The molecule has 5 nitrogen and oxygen atoms in total. The lowest BCUT2D eigenvalue weighted by atomic mass is 10.2. The third-order valence-electron chi connectivity index (χ3n) is 3.69. The average molecular weight is 353 g/mol. The van der Waals surface area contributed by atoms with E-state index in [0.29, 0.717) is 23.1 Å². The summed E-state index contributed by atoms with van der Waals surface area (Å²) in [6, 6.07) is 10.9. The summed E-state index contributed by atoms with van der Waals surface area (Å²) in [5.41, 5.74) is 2.17. The highest BCUT2D eigenvalue weighted by Gasteiger charge is 2.11. The standard InChI is InChI=1S/C19H19N3O2S/c1-12(2)16-11-21-19(24-16)13-4-6-15(7-5-13)22-18(23)14-8-9-20-17(10-14)25-3/h4-12H,1-3H3,(H,22,23). The summed E-state index contributed by atoms with van der Waals surface area (Å²) >= 11 is 1.50. The SMILES string of the molecule is CSc1cc(C(=O)Nc2ccc(-c3ncc(C(C)C)o3)cc2)ccn1. The molecule has 6 heteroatoms. The highest BCUT2D eigenvalue weighted by atomic mass is 32.2. The van der Waals surface area contributed by atoms with Crippen molar-refractivity contribution in [3.63, 3.8) is 0 Å². The second-order valence-corrected chi connectivity index (χ2v) is 6.67. The van der Waals surface area contributed by atoms with E-state index in [1.165, 1.54) is 11.8 Å². The molecular formula is C19H19N3O2S. The number of aromatic nitrogens is 2. The van der Waals surface area contributed by atoms with Gasteiger partial charge in [0.1, 0.15) is 5.76 Å². The minimum Gasteiger partial charge on any atom is -0.441 e. The van der Waals surface area contributed by atoms with E-state index in [1.807, 2.05) is 30.5 Å². The average Bonchev–Trinajstić information content (AvgIpc) is 3.13. The molecule has 2 heterocycles. The number of carbonyl (C=O) groups excluding carboxylic acids is 1. The van der Waals surface area contributed by atoms with Crippen LogP contribution in [-0.4, -0.2) is 22.1 Å². The number of thioether (sulfide) groups is 1. The van der Waals surface area contributed by atoms with E-state index >= 15 is 0 Å². The molecule has 0 aliphatic heterocycles. The molecule has 1 amide bonds. The number of amides is 1. The molecule has 0 fully saturated rings. The van der Waals surface area contributed by atoms with Crippen LogP contribution in [-0.2, 0) is 0 Å². The van der Waals surface area contributed by atoms with E-state index in [-0.39, 0.29) is 5.91 Å². The molecule has 0 unspecified atom stereocenters. The van der Waals surface area contributed by atoms with Crippen LogP contribution in [0.25, 0.3) is 11.5 Å². The summed E-state index contributed by atoms with van der Waals surface area (Å²) < 4.78 is 5.74. The predicted octanol–water partition coefficient (Wildman–Crippen LogP) is 4.83. The monoisotopic (exact) mass is 353 g/mol. The number of benzene rings is 1. The lowest BCUT2D eigenvalue weighted by molar-refractivity contribution is 0.102. The Morgan fingerprint density at radius 2 is 1.92 bits per heavy atom. The second-order valence-electron chi connectivity index (χ2n) is 5.84. The molecule has 0 atom stereocenters. The molecule has 0 aliphatic carbocycles. The largest absolute Gasteiger partial charge is 0.441 e. The van der Waals surface area contributed by atoms with Gasteiger partial charge in [-0.1, -0.05) is 13.8 Å². The van der Waals surface area contributed by atoms with Crippen molar-refractivity contribution < 1.29 is 9.21 Å². The fraction of sp³-hybridized carbons (Fsp3) is 0.211. The summed E-state index contributed by atoms with van der Waals surface area (Å²) in [5, 5.41) is 3.70. The molecule has 2 aromatic heterocycles. The van der Waals surface area contributed by atoms with Crippen LogP contribution in [0, 0.1) is 0 Å². The molecule has 1 N–H and O–H groups in total. The fourth-order valence-electron chi connectivity index (χ4n) is 2.25. The maximum atomic E-state index is 12.3. The van der Waals surface area contributed by atoms with Gasteiger partial charge >= 0.3 is 0 Å². The summed E-state index contributed by atoms with van der Waals surface area (Å²) in [6.45, 7) is 4.12. The van der Waals surface area contributed by atoms with E-state index in [1.54, 1.807) is 24.5 Å². The zero-order chi connectivity index (χ0) is 17.8. The Bertz CT molecular complexity index is 872. The van der Waals surface area contributed by atoms with Crippen molar-refractivity contribution >= 4 is 23.4 Å². The first-order chi connectivity index (χ1) is 12.1. The summed E-state index contributed by atoms with van der Waals surface area (Å²) in [7, 11) is 0. The van der Waals surface area contributed by atoms with Crippen LogP contribution in [0.2, 0.25) is 0 Å². The van der Waals surface area contributed by atoms with Gasteiger partial charge in [-0.05, 0) is 42.7 Å². The van der Waals surface area contributed by atoms with Crippen molar-refractivity contribution in [3.8, 4) is 11.5 Å². The van der Waals surface area contributed by atoms with Crippen LogP contribution in [0.1, 0.15) is 35.9 Å². The molecule has 0 aliphatic rings. The predicted molar refractivity (Wildman–Crippen MR) is 100.0 cm³/mol. The molecule has 0 spiro atoms. The third-order valence-corrected chi connectivity index (χ3v) is 4.33. The van der Waals surface area contributed by atoms with E-state index < -0.39 is 0 Å². The Hall–Kier alpha value is -2.60. The van der Waals surface area contributed by atoms with Gasteiger partial charge in [0.2, 0.25) is 5.89 Å². The summed E-state index contributed by atoms with van der Waals surface area (Å²) in [4.78, 5) is 20.8. The first-order valence-corrected chi connectivity index (χ1v) is 9.17. The number of rotatable bonds is 5. The van der Waals surface area contributed by atoms with Crippen molar-refractivity contribution in [1.29, 1.82) is 0 Å². The first-order valence-electron chi connectivity index (χ1n) is 7.94. The lowest BCUT2D eigenvalue weighted by Gasteiger charge is -2.06. The number of hydrogen-bond acceptors (Lipinski definition) is 5. The number of anilines is 1. The molecule has 0 bridgehead atoms. The molecule has 0 saturated carbocycles. The van der Waals surface area contributed by atoms with Gasteiger partial charge in [-0.2, -0.15) is 0 Å². The molecular weight excluding hydrogens is 334 g/mol. The van der Waals surface area contributed by atoms with Crippen LogP contribution < -0.4 is 5.32 Å². The summed E-state index contributed by atoms with van der Waals surface area (Å²) in [6.07, 6.45) is 5.32. The Kier molecular flexibility index (Phi) is 5.19. The van der Waals surface area contributed by atoms with Crippen molar-refractivity contribution in [2.75, 3.05) is 11.6 Å². The lowest BCUT2D eigenvalue weighted by Crippen LogP contribution is -2.12. The minimum atomic E-state index is -0.163. The summed E-state index contributed by atoms with van der Waals surface area (Å²) in [5.74, 6) is 1.57. The normalized spacial score (nSPS) is 10.9. The van der Waals surface area contributed by atoms with Gasteiger partial charge in [0.05, 0.1) is 11.2 Å². The van der Waals surface area contributed by atoms with Crippen LogP contribution in [0.4, 0.5) is 5.69 Å². The van der Waals surface area contributed by atoms with Gasteiger partial charge in [0.25, 0.3) is 5.91 Å². The van der Waals surface area contributed by atoms with E-state index in [0.717, 1.165) is 16.3 Å². The zero-order valence-corrected chi connectivity index (χ0v) is 15.1. The van der Waals surface area contributed by atoms with Crippen molar-refractivity contribution in [3.05, 3.63) is 60.1 Å². The van der Waals surface area contributed by atoms with Gasteiger partial charge < -0.3 is 9.73 Å². The number of nitrogens with one attached hydrogen (secondary N) is 1. The number of nitrogens with zero attached hydrogens (tertiary/aromatic N) is 2. The zero-order valence-electron chi connectivity index (χ0n) is 14.3. The third kappa shape index (κ3) is 4.09. The van der Waals surface area contributed by atoms with Crippen molar-refractivity contribution in [1.82, 2.24) is 9.97 Å². The highest BCUT2D eigenvalue weighted by Crippen LogP contribution is 2.24. The Balaban J connectivity index is 1.72. The molecule has 3 aromatic rings. The number of carbonyl (C=O) groups is 1. The molecule has 25 heavy (non-hydrogen) atoms. The second kappa shape index (κ2) is 7.53. The smallest absolute Gasteiger partial charge is 0.255 e. The van der Waals surface area contributed by atoms with E-state index in [2.05, 4.69) is 29.1 Å². The molecule has 0 saturated heterocycles. The maximum absolute atomic E-state index is 12.3. The van der Waals surface area contributed by atoms with Crippen LogP contribution in [0.3, 0.4) is 0 Å². The molecule has 0 radical (unpaired) electrons. The van der Waals surface area contributed by atoms with Gasteiger partial charge in [-0.15, -0.1) is 11.8 Å².